The van der Waals surface area contributed by atoms with E-state index in [9.17, 15) is 9.59 Å². The fourth-order valence-electron chi connectivity index (χ4n) is 2.43. The van der Waals surface area contributed by atoms with Gasteiger partial charge in [0, 0.05) is 18.4 Å². The number of carbonyl (C=O) groups is 2. The minimum absolute atomic E-state index is 0.00213. The van der Waals surface area contributed by atoms with Gasteiger partial charge in [0.25, 0.3) is 0 Å². The van der Waals surface area contributed by atoms with Gasteiger partial charge < -0.3 is 9.80 Å². The molecular weight excluding hydrogens is 254 g/mol. The number of amides is 2. The van der Waals surface area contributed by atoms with Gasteiger partial charge in [0.05, 0.1) is 13.1 Å². The molecule has 0 N–H and O–H groups in total. The SMILES string of the molecule is Cc1ccc(CC(=O)N2CC(=O)N(CC3CC3)C2)cn1. The normalized spacial score (nSPS) is 18.8. The van der Waals surface area contributed by atoms with Crippen molar-refractivity contribution in [2.24, 2.45) is 5.92 Å². The van der Waals surface area contributed by atoms with Crippen LogP contribution in [0.1, 0.15) is 24.1 Å². The predicted octanol–water partition coefficient (Wildman–Crippen LogP) is 0.971. The average Bonchev–Trinajstić information content (AvgIpc) is 3.16. The second-order valence-electron chi connectivity index (χ2n) is 5.78. The van der Waals surface area contributed by atoms with E-state index in [1.807, 2.05) is 24.0 Å². The Morgan fingerprint density at radius 2 is 2.20 bits per heavy atom. The van der Waals surface area contributed by atoms with E-state index in [0.717, 1.165) is 17.8 Å². The van der Waals surface area contributed by atoms with E-state index in [-0.39, 0.29) is 18.4 Å². The zero-order chi connectivity index (χ0) is 14.1. The summed E-state index contributed by atoms with van der Waals surface area (Å²) in [5, 5.41) is 0. The van der Waals surface area contributed by atoms with Gasteiger partial charge in [-0.1, -0.05) is 6.07 Å². The highest BCUT2D eigenvalue weighted by atomic mass is 16.2. The summed E-state index contributed by atoms with van der Waals surface area (Å²) in [6.45, 7) is 3.41. The van der Waals surface area contributed by atoms with Crippen LogP contribution in [0.3, 0.4) is 0 Å². The third kappa shape index (κ3) is 2.98. The van der Waals surface area contributed by atoms with Crippen LogP contribution in [0, 0.1) is 12.8 Å². The first-order valence-corrected chi connectivity index (χ1v) is 7.09. The molecule has 0 aromatic carbocycles. The highest BCUT2D eigenvalue weighted by molar-refractivity contribution is 5.88. The highest BCUT2D eigenvalue weighted by Crippen LogP contribution is 2.30. The quantitative estimate of drug-likeness (QED) is 0.821. The van der Waals surface area contributed by atoms with Gasteiger partial charge in [0.15, 0.2) is 0 Å². The van der Waals surface area contributed by atoms with Crippen LogP contribution < -0.4 is 0 Å². The molecule has 2 aliphatic rings. The molecule has 1 saturated carbocycles. The number of nitrogens with zero attached hydrogens (tertiary/aromatic N) is 3. The molecular formula is C15H19N3O2. The number of pyridine rings is 1. The van der Waals surface area contributed by atoms with E-state index in [0.29, 0.717) is 19.0 Å². The van der Waals surface area contributed by atoms with Crippen LogP contribution in [0.5, 0.6) is 0 Å². The molecule has 20 heavy (non-hydrogen) atoms. The maximum atomic E-state index is 12.2. The van der Waals surface area contributed by atoms with Crippen LogP contribution in [0.25, 0.3) is 0 Å². The van der Waals surface area contributed by atoms with Gasteiger partial charge in [-0.2, -0.15) is 0 Å². The zero-order valence-corrected chi connectivity index (χ0v) is 11.7. The van der Waals surface area contributed by atoms with Gasteiger partial charge in [0.2, 0.25) is 11.8 Å². The van der Waals surface area contributed by atoms with Crippen molar-refractivity contribution in [2.75, 3.05) is 19.8 Å². The van der Waals surface area contributed by atoms with E-state index >= 15 is 0 Å². The van der Waals surface area contributed by atoms with Crippen LogP contribution in [0.15, 0.2) is 18.3 Å². The van der Waals surface area contributed by atoms with Crippen LogP contribution in [-0.4, -0.2) is 46.4 Å². The molecule has 0 atom stereocenters. The fourth-order valence-corrected chi connectivity index (χ4v) is 2.43. The first-order chi connectivity index (χ1) is 9.61. The molecule has 0 unspecified atom stereocenters. The second-order valence-corrected chi connectivity index (χ2v) is 5.78. The number of hydrogen-bond donors (Lipinski definition) is 0. The summed E-state index contributed by atoms with van der Waals surface area (Å²) in [6, 6.07) is 3.82. The molecule has 1 aromatic rings. The van der Waals surface area contributed by atoms with E-state index in [2.05, 4.69) is 4.98 Å². The first-order valence-electron chi connectivity index (χ1n) is 7.09. The molecule has 5 nitrogen and oxygen atoms in total. The Bertz CT molecular complexity index is 522. The molecule has 3 rings (SSSR count). The van der Waals surface area contributed by atoms with Crippen LogP contribution in [0.2, 0.25) is 0 Å². The molecule has 2 amide bonds. The summed E-state index contributed by atoms with van der Waals surface area (Å²) in [4.78, 5) is 31.7. The van der Waals surface area contributed by atoms with Crippen molar-refractivity contribution in [1.82, 2.24) is 14.8 Å². The summed E-state index contributed by atoms with van der Waals surface area (Å²) in [5.41, 5.74) is 1.84. The van der Waals surface area contributed by atoms with Gasteiger partial charge in [-0.15, -0.1) is 0 Å². The van der Waals surface area contributed by atoms with E-state index in [1.165, 1.54) is 12.8 Å². The molecule has 5 heteroatoms. The average molecular weight is 273 g/mol. The molecule has 2 fully saturated rings. The third-order valence-electron chi connectivity index (χ3n) is 3.88. The second kappa shape index (κ2) is 5.23. The molecule has 0 bridgehead atoms. The number of aryl methyl sites for hydroxylation is 1. The van der Waals surface area contributed by atoms with Crippen LogP contribution >= 0.6 is 0 Å². The monoisotopic (exact) mass is 273 g/mol. The Labute approximate surface area is 118 Å². The number of carbonyl (C=O) groups excluding carboxylic acids is 2. The number of aromatic nitrogens is 1. The first kappa shape index (κ1) is 13.1. The van der Waals surface area contributed by atoms with Crippen molar-refractivity contribution in [2.45, 2.75) is 26.2 Å². The summed E-state index contributed by atoms with van der Waals surface area (Å²) in [5.74, 6) is 0.741. The maximum Gasteiger partial charge on any atom is 0.243 e. The van der Waals surface area contributed by atoms with Gasteiger partial charge >= 0.3 is 0 Å². The Balaban J connectivity index is 1.57. The molecule has 1 aromatic heterocycles. The standard InChI is InChI=1S/C15H19N3O2/c1-11-2-3-13(7-16-11)6-14(19)18-9-15(20)17(10-18)8-12-4-5-12/h2-3,7,12H,4-6,8-10H2,1H3. The lowest BCUT2D eigenvalue weighted by Gasteiger charge is -2.17. The molecule has 106 valence electrons. The number of rotatable bonds is 4. The third-order valence-corrected chi connectivity index (χ3v) is 3.88. The minimum atomic E-state index is 0.00213. The Morgan fingerprint density at radius 3 is 2.85 bits per heavy atom. The van der Waals surface area contributed by atoms with Crippen molar-refractivity contribution in [3.8, 4) is 0 Å². The van der Waals surface area contributed by atoms with E-state index in [4.69, 9.17) is 0 Å². The van der Waals surface area contributed by atoms with Gasteiger partial charge in [-0.05, 0) is 37.3 Å². The van der Waals surface area contributed by atoms with Gasteiger partial charge in [-0.25, -0.2) is 0 Å². The largest absolute Gasteiger partial charge is 0.323 e. The topological polar surface area (TPSA) is 53.5 Å². The lowest BCUT2D eigenvalue weighted by molar-refractivity contribution is -0.131. The van der Waals surface area contributed by atoms with Gasteiger partial charge in [-0.3, -0.25) is 14.6 Å². The van der Waals surface area contributed by atoms with E-state index in [1.54, 1.807) is 11.1 Å². The van der Waals surface area contributed by atoms with Crippen molar-refractivity contribution in [3.05, 3.63) is 29.6 Å². The van der Waals surface area contributed by atoms with Crippen molar-refractivity contribution < 1.29 is 9.59 Å². The molecule has 1 aliphatic heterocycles. The lowest BCUT2D eigenvalue weighted by atomic mass is 10.2. The summed E-state index contributed by atoms with van der Waals surface area (Å²) < 4.78 is 0. The predicted molar refractivity (Wildman–Crippen MR) is 73.7 cm³/mol. The minimum Gasteiger partial charge on any atom is -0.323 e. The summed E-state index contributed by atoms with van der Waals surface area (Å²) >= 11 is 0. The Morgan fingerprint density at radius 1 is 1.40 bits per heavy atom. The number of hydrogen-bond acceptors (Lipinski definition) is 3. The Kier molecular flexibility index (Phi) is 3.42. The lowest BCUT2D eigenvalue weighted by Crippen LogP contribution is -2.33. The zero-order valence-electron chi connectivity index (χ0n) is 11.7. The summed E-state index contributed by atoms with van der Waals surface area (Å²) in [7, 11) is 0. The van der Waals surface area contributed by atoms with Crippen molar-refractivity contribution in [3.63, 3.8) is 0 Å². The van der Waals surface area contributed by atoms with Crippen LogP contribution in [0.4, 0.5) is 0 Å². The van der Waals surface area contributed by atoms with Crippen LogP contribution in [-0.2, 0) is 16.0 Å². The van der Waals surface area contributed by atoms with Gasteiger partial charge in [0.1, 0.15) is 6.54 Å². The molecule has 0 radical (unpaired) electrons. The molecule has 0 spiro atoms. The molecule has 1 saturated heterocycles. The maximum absolute atomic E-state index is 12.2. The summed E-state index contributed by atoms with van der Waals surface area (Å²) in [6.07, 6.45) is 4.48. The van der Waals surface area contributed by atoms with Crippen molar-refractivity contribution >= 4 is 11.8 Å². The highest BCUT2D eigenvalue weighted by Gasteiger charge is 2.34. The van der Waals surface area contributed by atoms with E-state index < -0.39 is 0 Å². The van der Waals surface area contributed by atoms with Crippen molar-refractivity contribution in [1.29, 1.82) is 0 Å². The molecule has 1 aliphatic carbocycles. The Hall–Kier alpha value is -1.91. The fraction of sp³-hybridized carbons (Fsp3) is 0.533. The molecule has 2 heterocycles. The smallest absolute Gasteiger partial charge is 0.243 e.